The second-order valence-corrected chi connectivity index (χ2v) is 5.50. The first-order chi connectivity index (χ1) is 13.1. The summed E-state index contributed by atoms with van der Waals surface area (Å²) in [5.41, 5.74) is 1.24. The Morgan fingerprint density at radius 1 is 1.04 bits per heavy atom. The Hall–Kier alpha value is -3.53. The molecule has 140 valence electrons. The van der Waals surface area contributed by atoms with Crippen LogP contribution in [-0.4, -0.2) is 39.2 Å². The van der Waals surface area contributed by atoms with E-state index in [1.807, 2.05) is 12.1 Å². The lowest BCUT2D eigenvalue weighted by Crippen LogP contribution is -2.35. The third kappa shape index (κ3) is 5.47. The molecule has 2 aromatic rings. The lowest BCUT2D eigenvalue weighted by molar-refractivity contribution is -0.147. The van der Waals surface area contributed by atoms with E-state index in [4.69, 9.17) is 19.5 Å². The Labute approximate surface area is 157 Å². The van der Waals surface area contributed by atoms with Crippen molar-refractivity contribution >= 4 is 17.6 Å². The summed E-state index contributed by atoms with van der Waals surface area (Å²) in [5.74, 6) is 0.0342. The number of esters is 1. The molecule has 0 spiro atoms. The van der Waals surface area contributed by atoms with Gasteiger partial charge in [-0.3, -0.25) is 14.5 Å². The van der Waals surface area contributed by atoms with E-state index in [0.29, 0.717) is 22.7 Å². The Kier molecular flexibility index (Phi) is 7.20. The molecule has 0 aliphatic heterocycles. The van der Waals surface area contributed by atoms with Gasteiger partial charge in [-0.2, -0.15) is 5.26 Å². The van der Waals surface area contributed by atoms with Crippen LogP contribution in [0.1, 0.15) is 5.56 Å². The molecule has 0 fully saturated rings. The molecule has 2 aromatic carbocycles. The van der Waals surface area contributed by atoms with Crippen molar-refractivity contribution in [3.8, 4) is 17.6 Å². The number of anilines is 1. The van der Waals surface area contributed by atoms with E-state index < -0.39 is 18.5 Å². The monoisotopic (exact) mass is 368 g/mol. The van der Waals surface area contributed by atoms with E-state index in [-0.39, 0.29) is 13.0 Å². The number of nitriles is 1. The SMILES string of the molecule is COc1ccc(CC(=O)OCC(=O)N(CC#N)c2ccccc2)cc1OC. The van der Waals surface area contributed by atoms with Gasteiger partial charge in [-0.05, 0) is 29.8 Å². The maximum atomic E-state index is 12.3. The van der Waals surface area contributed by atoms with Gasteiger partial charge in [-0.25, -0.2) is 0 Å². The second kappa shape index (κ2) is 9.82. The molecule has 1 amide bonds. The van der Waals surface area contributed by atoms with Crippen LogP contribution in [0.2, 0.25) is 0 Å². The lowest BCUT2D eigenvalue weighted by Gasteiger charge is -2.19. The number of carbonyl (C=O) groups is 2. The summed E-state index contributed by atoms with van der Waals surface area (Å²) in [4.78, 5) is 25.7. The maximum absolute atomic E-state index is 12.3. The second-order valence-electron chi connectivity index (χ2n) is 5.50. The molecular formula is C20H20N2O5. The van der Waals surface area contributed by atoms with Gasteiger partial charge < -0.3 is 14.2 Å². The van der Waals surface area contributed by atoms with Crippen LogP contribution < -0.4 is 14.4 Å². The molecule has 7 heteroatoms. The minimum absolute atomic E-state index is 0.0166. The van der Waals surface area contributed by atoms with Crippen molar-refractivity contribution in [2.24, 2.45) is 0 Å². The summed E-state index contributed by atoms with van der Waals surface area (Å²) >= 11 is 0. The molecule has 0 heterocycles. The Morgan fingerprint density at radius 2 is 1.74 bits per heavy atom. The molecule has 0 saturated heterocycles. The molecule has 7 nitrogen and oxygen atoms in total. The smallest absolute Gasteiger partial charge is 0.310 e. The first kappa shape index (κ1) is 19.8. The number of para-hydroxylation sites is 1. The van der Waals surface area contributed by atoms with Crippen LogP contribution >= 0.6 is 0 Å². The van der Waals surface area contributed by atoms with E-state index in [9.17, 15) is 9.59 Å². The van der Waals surface area contributed by atoms with E-state index in [1.54, 1.807) is 42.5 Å². The number of methoxy groups -OCH3 is 2. The predicted octanol–water partition coefficient (Wildman–Crippen LogP) is 2.35. The summed E-state index contributed by atoms with van der Waals surface area (Å²) in [6.07, 6.45) is -0.0166. The first-order valence-electron chi connectivity index (χ1n) is 8.18. The number of benzene rings is 2. The van der Waals surface area contributed by atoms with Crippen molar-refractivity contribution in [1.29, 1.82) is 5.26 Å². The standard InChI is InChI=1S/C20H20N2O5/c1-25-17-9-8-15(12-18(17)26-2)13-20(24)27-14-19(23)22(11-10-21)16-6-4-3-5-7-16/h3-9,12H,11,13-14H2,1-2H3. The average Bonchev–Trinajstić information content (AvgIpc) is 2.70. The van der Waals surface area contributed by atoms with Gasteiger partial charge in [-0.15, -0.1) is 0 Å². The van der Waals surface area contributed by atoms with Crippen molar-refractivity contribution in [2.45, 2.75) is 6.42 Å². The molecule has 0 bridgehead atoms. The number of nitrogens with zero attached hydrogens (tertiary/aromatic N) is 2. The third-order valence-corrected chi connectivity index (χ3v) is 3.75. The molecule has 2 rings (SSSR count). The quantitative estimate of drug-likeness (QED) is 0.525. The normalized spacial score (nSPS) is 9.81. The van der Waals surface area contributed by atoms with Crippen LogP contribution in [0.4, 0.5) is 5.69 Å². The third-order valence-electron chi connectivity index (χ3n) is 3.75. The number of carbonyl (C=O) groups excluding carboxylic acids is 2. The minimum Gasteiger partial charge on any atom is -0.493 e. The molecule has 27 heavy (non-hydrogen) atoms. The zero-order valence-electron chi connectivity index (χ0n) is 15.2. The highest BCUT2D eigenvalue weighted by molar-refractivity contribution is 5.95. The van der Waals surface area contributed by atoms with Gasteiger partial charge in [0.05, 0.1) is 26.7 Å². The molecule has 0 N–H and O–H groups in total. The van der Waals surface area contributed by atoms with Crippen molar-refractivity contribution < 1.29 is 23.8 Å². The van der Waals surface area contributed by atoms with E-state index >= 15 is 0 Å². The molecular weight excluding hydrogens is 348 g/mol. The summed E-state index contributed by atoms with van der Waals surface area (Å²) in [6.45, 7) is -0.571. The van der Waals surface area contributed by atoms with Crippen LogP contribution in [0, 0.1) is 11.3 Å². The first-order valence-corrected chi connectivity index (χ1v) is 8.18. The van der Waals surface area contributed by atoms with Crippen molar-refractivity contribution in [1.82, 2.24) is 0 Å². The number of hydrogen-bond acceptors (Lipinski definition) is 6. The van der Waals surface area contributed by atoms with Crippen molar-refractivity contribution in [3.05, 3.63) is 54.1 Å². The van der Waals surface area contributed by atoms with Gasteiger partial charge >= 0.3 is 5.97 Å². The molecule has 0 aliphatic rings. The van der Waals surface area contributed by atoms with E-state index in [2.05, 4.69) is 0 Å². The van der Waals surface area contributed by atoms with Crippen LogP contribution in [-0.2, 0) is 20.7 Å². The summed E-state index contributed by atoms with van der Waals surface area (Å²) < 4.78 is 15.4. The van der Waals surface area contributed by atoms with Crippen molar-refractivity contribution in [2.75, 3.05) is 32.3 Å². The topological polar surface area (TPSA) is 88.9 Å². The number of amides is 1. The average molecular weight is 368 g/mol. The highest BCUT2D eigenvalue weighted by Gasteiger charge is 2.17. The van der Waals surface area contributed by atoms with Crippen molar-refractivity contribution in [3.63, 3.8) is 0 Å². The molecule has 0 aromatic heterocycles. The highest BCUT2D eigenvalue weighted by atomic mass is 16.5. The van der Waals surface area contributed by atoms with E-state index in [0.717, 1.165) is 0 Å². The maximum Gasteiger partial charge on any atom is 0.310 e. The van der Waals surface area contributed by atoms with Gasteiger partial charge in [0, 0.05) is 5.69 Å². The fourth-order valence-electron chi connectivity index (χ4n) is 2.43. The summed E-state index contributed by atoms with van der Waals surface area (Å²) in [6, 6.07) is 15.8. The number of hydrogen-bond donors (Lipinski definition) is 0. The van der Waals surface area contributed by atoms with Crippen LogP contribution in [0.3, 0.4) is 0 Å². The zero-order valence-corrected chi connectivity index (χ0v) is 15.2. The Balaban J connectivity index is 1.96. The number of rotatable bonds is 8. The lowest BCUT2D eigenvalue weighted by atomic mass is 10.1. The van der Waals surface area contributed by atoms with Crippen LogP contribution in [0.25, 0.3) is 0 Å². The van der Waals surface area contributed by atoms with Gasteiger partial charge in [-0.1, -0.05) is 24.3 Å². The van der Waals surface area contributed by atoms with Gasteiger partial charge in [0.2, 0.25) is 0 Å². The van der Waals surface area contributed by atoms with Gasteiger partial charge in [0.1, 0.15) is 6.54 Å². The highest BCUT2D eigenvalue weighted by Crippen LogP contribution is 2.27. The molecule has 0 atom stereocenters. The Bertz CT molecular complexity index is 830. The fourth-order valence-corrected chi connectivity index (χ4v) is 2.43. The minimum atomic E-state index is -0.555. The molecule has 0 radical (unpaired) electrons. The van der Waals surface area contributed by atoms with E-state index in [1.165, 1.54) is 19.1 Å². The fraction of sp³-hybridized carbons (Fsp3) is 0.250. The molecule has 0 aliphatic carbocycles. The van der Waals surface area contributed by atoms with Gasteiger partial charge in [0.15, 0.2) is 18.1 Å². The molecule has 0 saturated carbocycles. The summed E-state index contributed by atoms with van der Waals surface area (Å²) in [7, 11) is 3.03. The summed E-state index contributed by atoms with van der Waals surface area (Å²) in [5, 5.41) is 8.94. The number of ether oxygens (including phenoxy) is 3. The largest absolute Gasteiger partial charge is 0.493 e. The van der Waals surface area contributed by atoms with Gasteiger partial charge in [0.25, 0.3) is 5.91 Å². The van der Waals surface area contributed by atoms with Crippen LogP contribution in [0.15, 0.2) is 48.5 Å². The molecule has 0 unspecified atom stereocenters. The zero-order chi connectivity index (χ0) is 19.6. The Morgan fingerprint density at radius 3 is 2.37 bits per heavy atom. The van der Waals surface area contributed by atoms with Crippen LogP contribution in [0.5, 0.6) is 11.5 Å². The predicted molar refractivity (Wildman–Crippen MR) is 98.6 cm³/mol.